The minimum absolute atomic E-state index is 0.135. The Morgan fingerprint density at radius 1 is 1.19 bits per heavy atom. The Morgan fingerprint density at radius 2 is 1.85 bits per heavy atom. The molecule has 0 aliphatic carbocycles. The van der Waals surface area contributed by atoms with E-state index in [-0.39, 0.29) is 21.2 Å². The highest BCUT2D eigenvalue weighted by Crippen LogP contribution is 2.35. The van der Waals surface area contributed by atoms with Crippen LogP contribution in [0.3, 0.4) is 0 Å². The molecule has 0 aromatic heterocycles. The summed E-state index contributed by atoms with van der Waals surface area (Å²) in [4.78, 5) is 25.8. The molecule has 132 valence electrons. The van der Waals surface area contributed by atoms with E-state index >= 15 is 0 Å². The number of carboxylic acid groups (broad SMARTS) is 1. The van der Waals surface area contributed by atoms with E-state index in [4.69, 9.17) is 12.2 Å². The number of benzene rings is 2. The van der Waals surface area contributed by atoms with Gasteiger partial charge in [0.05, 0.1) is 4.91 Å². The zero-order chi connectivity index (χ0) is 18.7. The summed E-state index contributed by atoms with van der Waals surface area (Å²) in [7, 11) is 0. The lowest BCUT2D eigenvalue weighted by Crippen LogP contribution is -2.45. The van der Waals surface area contributed by atoms with Crippen LogP contribution < -0.4 is 0 Å². The second kappa shape index (κ2) is 7.80. The van der Waals surface area contributed by atoms with Gasteiger partial charge in [-0.1, -0.05) is 72.5 Å². The van der Waals surface area contributed by atoms with Crippen molar-refractivity contribution in [2.75, 3.05) is 0 Å². The largest absolute Gasteiger partial charge is 0.480 e. The molecule has 1 unspecified atom stereocenters. The molecule has 1 heterocycles. The Bertz CT molecular complexity index is 899. The summed E-state index contributed by atoms with van der Waals surface area (Å²) in [5.74, 6) is -2.12. The van der Waals surface area contributed by atoms with E-state index in [1.807, 2.05) is 6.07 Å². The summed E-state index contributed by atoms with van der Waals surface area (Å²) in [6.45, 7) is 0. The summed E-state index contributed by atoms with van der Waals surface area (Å²) < 4.78 is 14.0. The molecule has 26 heavy (non-hydrogen) atoms. The summed E-state index contributed by atoms with van der Waals surface area (Å²) in [5, 5.41) is 9.61. The van der Waals surface area contributed by atoms with Gasteiger partial charge in [-0.3, -0.25) is 9.69 Å². The number of hydrogen-bond acceptors (Lipinski definition) is 4. The standard InChI is InChI=1S/C19H14FNO3S2/c20-14-9-5-4-8-13(14)11-16-17(22)21(19(25)26-16)15(18(23)24)10-12-6-2-1-3-7-12/h1-9,11,15H,10H2,(H,23,24)/b16-11-. The molecule has 1 saturated heterocycles. The molecule has 3 rings (SSSR count). The molecule has 1 aliphatic rings. The Labute approximate surface area is 159 Å². The van der Waals surface area contributed by atoms with E-state index in [1.54, 1.807) is 42.5 Å². The third kappa shape index (κ3) is 3.84. The van der Waals surface area contributed by atoms with Crippen LogP contribution in [-0.2, 0) is 16.0 Å². The lowest BCUT2D eigenvalue weighted by atomic mass is 10.0. The molecule has 0 spiro atoms. The van der Waals surface area contributed by atoms with Gasteiger partial charge in [0.15, 0.2) is 0 Å². The van der Waals surface area contributed by atoms with Crippen molar-refractivity contribution < 1.29 is 19.1 Å². The van der Waals surface area contributed by atoms with Crippen molar-refractivity contribution in [2.45, 2.75) is 12.5 Å². The number of rotatable bonds is 5. The molecule has 1 amide bonds. The van der Waals surface area contributed by atoms with E-state index in [2.05, 4.69) is 0 Å². The van der Waals surface area contributed by atoms with Crippen molar-refractivity contribution in [1.29, 1.82) is 0 Å². The molecule has 0 saturated carbocycles. The lowest BCUT2D eigenvalue weighted by Gasteiger charge is -2.23. The topological polar surface area (TPSA) is 57.6 Å². The first-order valence-electron chi connectivity index (χ1n) is 7.75. The zero-order valence-electron chi connectivity index (χ0n) is 13.5. The summed E-state index contributed by atoms with van der Waals surface area (Å²) in [5.41, 5.74) is 1.04. The second-order valence-corrected chi connectivity index (χ2v) is 7.29. The molecule has 1 fully saturated rings. The van der Waals surface area contributed by atoms with Crippen molar-refractivity contribution in [2.24, 2.45) is 0 Å². The van der Waals surface area contributed by atoms with Crippen LogP contribution in [-0.4, -0.2) is 32.2 Å². The Morgan fingerprint density at radius 3 is 2.50 bits per heavy atom. The summed E-state index contributed by atoms with van der Waals surface area (Å²) >= 11 is 6.21. The fourth-order valence-corrected chi connectivity index (χ4v) is 3.96. The van der Waals surface area contributed by atoms with Crippen molar-refractivity contribution in [3.8, 4) is 0 Å². The first-order valence-corrected chi connectivity index (χ1v) is 8.98. The van der Waals surface area contributed by atoms with Crippen LogP contribution in [0.4, 0.5) is 4.39 Å². The number of aliphatic carboxylic acids is 1. The van der Waals surface area contributed by atoms with Crippen LogP contribution in [0.15, 0.2) is 59.5 Å². The van der Waals surface area contributed by atoms with Gasteiger partial charge in [0.1, 0.15) is 16.2 Å². The van der Waals surface area contributed by atoms with Crippen molar-refractivity contribution in [1.82, 2.24) is 4.90 Å². The number of thioether (sulfide) groups is 1. The molecule has 7 heteroatoms. The minimum Gasteiger partial charge on any atom is -0.480 e. The Balaban J connectivity index is 1.89. The molecule has 2 aromatic rings. The van der Waals surface area contributed by atoms with Crippen molar-refractivity contribution in [3.63, 3.8) is 0 Å². The highest BCUT2D eigenvalue weighted by Gasteiger charge is 2.40. The van der Waals surface area contributed by atoms with Crippen LogP contribution in [0.5, 0.6) is 0 Å². The monoisotopic (exact) mass is 387 g/mol. The third-order valence-corrected chi connectivity index (χ3v) is 5.21. The number of halogens is 1. The predicted molar refractivity (Wildman–Crippen MR) is 103 cm³/mol. The van der Waals surface area contributed by atoms with E-state index in [1.165, 1.54) is 12.1 Å². The Hall–Kier alpha value is -2.51. The van der Waals surface area contributed by atoms with Gasteiger partial charge in [-0.05, 0) is 17.7 Å². The fourth-order valence-electron chi connectivity index (χ4n) is 2.61. The number of carbonyl (C=O) groups is 2. The first-order chi connectivity index (χ1) is 12.5. The van der Waals surface area contributed by atoms with Crippen LogP contribution in [0.2, 0.25) is 0 Å². The van der Waals surface area contributed by atoms with Crippen LogP contribution >= 0.6 is 24.0 Å². The van der Waals surface area contributed by atoms with E-state index < -0.39 is 23.7 Å². The molecule has 1 aliphatic heterocycles. The van der Waals surface area contributed by atoms with Gasteiger partial charge in [-0.25, -0.2) is 9.18 Å². The predicted octanol–water partition coefficient (Wildman–Crippen LogP) is 3.72. The number of amides is 1. The molecular formula is C19H14FNO3S2. The summed E-state index contributed by atoms with van der Waals surface area (Å²) in [6.07, 6.45) is 1.53. The van der Waals surface area contributed by atoms with Gasteiger partial charge in [0, 0.05) is 12.0 Å². The molecule has 1 N–H and O–H groups in total. The van der Waals surface area contributed by atoms with Crippen molar-refractivity contribution in [3.05, 3.63) is 76.4 Å². The smallest absolute Gasteiger partial charge is 0.327 e. The van der Waals surface area contributed by atoms with Gasteiger partial charge >= 0.3 is 5.97 Å². The van der Waals surface area contributed by atoms with Gasteiger partial charge in [-0.2, -0.15) is 0 Å². The van der Waals surface area contributed by atoms with Gasteiger partial charge < -0.3 is 5.11 Å². The average Bonchev–Trinajstić information content (AvgIpc) is 2.89. The SMILES string of the molecule is O=C(O)C(Cc1ccccc1)N1C(=O)/C(=C/c2ccccc2F)SC1=S. The highest BCUT2D eigenvalue weighted by molar-refractivity contribution is 8.26. The molecule has 0 radical (unpaired) electrons. The number of carbonyl (C=O) groups excluding carboxylic acids is 1. The van der Waals surface area contributed by atoms with Crippen molar-refractivity contribution >= 4 is 46.3 Å². The fraction of sp³-hybridized carbons (Fsp3) is 0.105. The molecule has 2 aromatic carbocycles. The lowest BCUT2D eigenvalue weighted by molar-refractivity contribution is -0.145. The molecule has 0 bridgehead atoms. The van der Waals surface area contributed by atoms with Gasteiger partial charge in [-0.15, -0.1) is 0 Å². The number of carboxylic acids is 1. The maximum atomic E-state index is 13.8. The molecule has 4 nitrogen and oxygen atoms in total. The number of nitrogens with zero attached hydrogens (tertiary/aromatic N) is 1. The highest BCUT2D eigenvalue weighted by atomic mass is 32.2. The maximum absolute atomic E-state index is 13.8. The van der Waals surface area contributed by atoms with E-state index in [0.29, 0.717) is 0 Å². The quantitative estimate of drug-likeness (QED) is 0.626. The van der Waals surface area contributed by atoms with Gasteiger partial charge in [0.25, 0.3) is 5.91 Å². The second-order valence-electron chi connectivity index (χ2n) is 5.62. The number of thiocarbonyl (C=S) groups is 1. The molecular weight excluding hydrogens is 373 g/mol. The van der Waals surface area contributed by atoms with Crippen LogP contribution in [0, 0.1) is 5.82 Å². The minimum atomic E-state index is -1.14. The molecule has 1 atom stereocenters. The van der Waals surface area contributed by atoms with Crippen LogP contribution in [0.1, 0.15) is 11.1 Å². The van der Waals surface area contributed by atoms with Crippen LogP contribution in [0.25, 0.3) is 6.08 Å². The van der Waals surface area contributed by atoms with E-state index in [9.17, 15) is 19.1 Å². The zero-order valence-corrected chi connectivity index (χ0v) is 15.1. The number of hydrogen-bond donors (Lipinski definition) is 1. The first kappa shape index (κ1) is 18.3. The van der Waals surface area contributed by atoms with E-state index in [0.717, 1.165) is 22.2 Å². The summed E-state index contributed by atoms with van der Waals surface area (Å²) in [6, 6.07) is 14.0. The van der Waals surface area contributed by atoms with Gasteiger partial charge in [0.2, 0.25) is 0 Å². The average molecular weight is 387 g/mol. The normalized spacial score (nSPS) is 17.0. The maximum Gasteiger partial charge on any atom is 0.327 e. The Kier molecular flexibility index (Phi) is 5.49. The third-order valence-electron chi connectivity index (χ3n) is 3.88.